The van der Waals surface area contributed by atoms with E-state index in [4.69, 9.17) is 16.3 Å². The SMILES string of the molecule is COc1cnc(Cl)cc1-c1cc(C)[nH]n1. The van der Waals surface area contributed by atoms with Crippen molar-refractivity contribution >= 4 is 11.6 Å². The molecule has 0 amide bonds. The van der Waals surface area contributed by atoms with Gasteiger partial charge in [-0.1, -0.05) is 11.6 Å². The van der Waals surface area contributed by atoms with Crippen molar-refractivity contribution in [3.8, 4) is 17.0 Å². The molecule has 2 aromatic heterocycles. The summed E-state index contributed by atoms with van der Waals surface area (Å²) in [5.74, 6) is 0.658. The zero-order chi connectivity index (χ0) is 10.8. The van der Waals surface area contributed by atoms with Crippen molar-refractivity contribution in [1.82, 2.24) is 15.2 Å². The van der Waals surface area contributed by atoms with Crippen LogP contribution >= 0.6 is 11.6 Å². The molecule has 2 rings (SSSR count). The van der Waals surface area contributed by atoms with E-state index < -0.39 is 0 Å². The molecule has 15 heavy (non-hydrogen) atoms. The van der Waals surface area contributed by atoms with Crippen molar-refractivity contribution < 1.29 is 4.74 Å². The van der Waals surface area contributed by atoms with Gasteiger partial charge in [-0.25, -0.2) is 4.98 Å². The van der Waals surface area contributed by atoms with Crippen LogP contribution in [0.15, 0.2) is 18.3 Å². The third kappa shape index (κ3) is 1.94. The Morgan fingerprint density at radius 2 is 2.20 bits per heavy atom. The molecule has 2 heterocycles. The minimum absolute atomic E-state index is 0.423. The van der Waals surface area contributed by atoms with Crippen molar-refractivity contribution in [3.63, 3.8) is 0 Å². The van der Waals surface area contributed by atoms with Gasteiger partial charge in [0, 0.05) is 11.3 Å². The Morgan fingerprint density at radius 3 is 2.80 bits per heavy atom. The van der Waals surface area contributed by atoms with Gasteiger partial charge in [-0.15, -0.1) is 0 Å². The largest absolute Gasteiger partial charge is 0.494 e. The zero-order valence-corrected chi connectivity index (χ0v) is 9.17. The van der Waals surface area contributed by atoms with E-state index in [1.165, 1.54) is 0 Å². The van der Waals surface area contributed by atoms with Gasteiger partial charge in [-0.3, -0.25) is 5.10 Å². The highest BCUT2D eigenvalue weighted by Crippen LogP contribution is 2.29. The smallest absolute Gasteiger partial charge is 0.146 e. The van der Waals surface area contributed by atoms with Crippen molar-refractivity contribution in [2.45, 2.75) is 6.92 Å². The van der Waals surface area contributed by atoms with Crippen LogP contribution in [0.25, 0.3) is 11.3 Å². The molecule has 0 saturated carbocycles. The summed E-state index contributed by atoms with van der Waals surface area (Å²) in [7, 11) is 1.59. The predicted molar refractivity (Wildman–Crippen MR) is 58.1 cm³/mol. The molecule has 0 aromatic carbocycles. The molecular formula is C10H10ClN3O. The van der Waals surface area contributed by atoms with E-state index in [2.05, 4.69) is 15.2 Å². The molecule has 0 aliphatic carbocycles. The summed E-state index contributed by atoms with van der Waals surface area (Å²) in [5.41, 5.74) is 2.62. The normalized spacial score (nSPS) is 10.3. The molecule has 0 saturated heterocycles. The summed E-state index contributed by atoms with van der Waals surface area (Å²) in [4.78, 5) is 3.95. The lowest BCUT2D eigenvalue weighted by atomic mass is 10.2. The minimum Gasteiger partial charge on any atom is -0.494 e. The second-order valence-corrected chi connectivity index (χ2v) is 3.53. The summed E-state index contributed by atoms with van der Waals surface area (Å²) in [6.07, 6.45) is 1.58. The summed E-state index contributed by atoms with van der Waals surface area (Å²) in [5, 5.41) is 7.44. The third-order valence-corrected chi connectivity index (χ3v) is 2.24. The van der Waals surface area contributed by atoms with Gasteiger partial charge in [0.25, 0.3) is 0 Å². The van der Waals surface area contributed by atoms with Gasteiger partial charge in [0.1, 0.15) is 10.9 Å². The fraction of sp³-hybridized carbons (Fsp3) is 0.200. The number of nitrogens with one attached hydrogen (secondary N) is 1. The zero-order valence-electron chi connectivity index (χ0n) is 8.41. The number of nitrogens with zero attached hydrogens (tertiary/aromatic N) is 2. The molecule has 0 aliphatic rings. The highest BCUT2D eigenvalue weighted by molar-refractivity contribution is 6.29. The van der Waals surface area contributed by atoms with E-state index in [0.717, 1.165) is 17.0 Å². The molecule has 0 spiro atoms. The summed E-state index contributed by atoms with van der Waals surface area (Å²) in [6, 6.07) is 3.66. The number of ether oxygens (including phenoxy) is 1. The van der Waals surface area contributed by atoms with E-state index in [1.54, 1.807) is 19.4 Å². The van der Waals surface area contributed by atoms with Crippen molar-refractivity contribution in [2.75, 3.05) is 7.11 Å². The lowest BCUT2D eigenvalue weighted by molar-refractivity contribution is 0.414. The summed E-state index contributed by atoms with van der Waals surface area (Å²) < 4.78 is 5.19. The fourth-order valence-corrected chi connectivity index (χ4v) is 1.49. The lowest BCUT2D eigenvalue weighted by Crippen LogP contribution is -1.90. The maximum absolute atomic E-state index is 5.83. The van der Waals surface area contributed by atoms with Crippen LogP contribution in [0, 0.1) is 6.92 Å². The first-order valence-electron chi connectivity index (χ1n) is 4.42. The van der Waals surface area contributed by atoms with E-state index >= 15 is 0 Å². The number of aryl methyl sites for hydroxylation is 1. The van der Waals surface area contributed by atoms with E-state index in [-0.39, 0.29) is 0 Å². The highest BCUT2D eigenvalue weighted by atomic mass is 35.5. The maximum Gasteiger partial charge on any atom is 0.146 e. The fourth-order valence-electron chi connectivity index (χ4n) is 1.34. The number of pyridine rings is 1. The third-order valence-electron chi connectivity index (χ3n) is 2.04. The number of H-pyrrole nitrogens is 1. The molecule has 0 bridgehead atoms. The van der Waals surface area contributed by atoms with Gasteiger partial charge in [-0.2, -0.15) is 5.10 Å². The maximum atomic E-state index is 5.83. The van der Waals surface area contributed by atoms with Crippen LogP contribution in [-0.2, 0) is 0 Å². The topological polar surface area (TPSA) is 50.8 Å². The van der Waals surface area contributed by atoms with E-state index in [1.807, 2.05) is 13.0 Å². The number of halogens is 1. The van der Waals surface area contributed by atoms with Gasteiger partial charge in [0.15, 0.2) is 0 Å². The second-order valence-electron chi connectivity index (χ2n) is 3.14. The van der Waals surface area contributed by atoms with E-state index in [9.17, 15) is 0 Å². The second kappa shape index (κ2) is 3.90. The van der Waals surface area contributed by atoms with Crippen molar-refractivity contribution in [3.05, 3.63) is 29.2 Å². The molecule has 0 radical (unpaired) electrons. The number of hydrogen-bond donors (Lipinski definition) is 1. The van der Waals surface area contributed by atoms with Gasteiger partial charge in [0.2, 0.25) is 0 Å². The average Bonchev–Trinajstić information content (AvgIpc) is 2.65. The average molecular weight is 224 g/mol. The van der Waals surface area contributed by atoms with Gasteiger partial charge < -0.3 is 4.74 Å². The van der Waals surface area contributed by atoms with Crippen LogP contribution in [0.3, 0.4) is 0 Å². The molecule has 2 aromatic rings. The van der Waals surface area contributed by atoms with Crippen LogP contribution in [0.5, 0.6) is 5.75 Å². The molecule has 4 nitrogen and oxygen atoms in total. The minimum atomic E-state index is 0.423. The molecular weight excluding hydrogens is 214 g/mol. The van der Waals surface area contributed by atoms with Gasteiger partial charge >= 0.3 is 0 Å². The number of hydrogen-bond acceptors (Lipinski definition) is 3. The Bertz CT molecular complexity index is 481. The standard InChI is InChI=1S/C10H10ClN3O/c1-6-3-8(14-13-6)7-4-10(11)12-5-9(7)15-2/h3-5H,1-2H3,(H,13,14). The number of rotatable bonds is 2. The Morgan fingerprint density at radius 1 is 1.40 bits per heavy atom. The first-order chi connectivity index (χ1) is 7.20. The summed E-state index contributed by atoms with van der Waals surface area (Å²) >= 11 is 5.83. The Labute approximate surface area is 92.3 Å². The Kier molecular flexibility index (Phi) is 2.60. The Balaban J connectivity index is 2.55. The summed E-state index contributed by atoms with van der Waals surface area (Å²) in [6.45, 7) is 1.94. The van der Waals surface area contributed by atoms with Crippen molar-refractivity contribution in [1.29, 1.82) is 0 Å². The number of aromatic amines is 1. The lowest BCUT2D eigenvalue weighted by Gasteiger charge is -2.05. The number of aromatic nitrogens is 3. The molecule has 5 heteroatoms. The molecule has 0 fully saturated rings. The van der Waals surface area contributed by atoms with Gasteiger partial charge in [-0.05, 0) is 19.1 Å². The van der Waals surface area contributed by atoms with Crippen LogP contribution in [0.1, 0.15) is 5.69 Å². The predicted octanol–water partition coefficient (Wildman–Crippen LogP) is 2.44. The molecule has 0 aliphatic heterocycles. The molecule has 78 valence electrons. The Hall–Kier alpha value is -1.55. The highest BCUT2D eigenvalue weighted by Gasteiger charge is 2.09. The first-order valence-corrected chi connectivity index (χ1v) is 4.80. The quantitative estimate of drug-likeness (QED) is 0.796. The number of methoxy groups -OCH3 is 1. The van der Waals surface area contributed by atoms with Crippen LogP contribution in [0.4, 0.5) is 0 Å². The monoisotopic (exact) mass is 223 g/mol. The molecule has 0 unspecified atom stereocenters. The van der Waals surface area contributed by atoms with Crippen LogP contribution in [0.2, 0.25) is 5.15 Å². The van der Waals surface area contributed by atoms with Crippen molar-refractivity contribution in [2.24, 2.45) is 0 Å². The molecule has 0 atom stereocenters. The van der Waals surface area contributed by atoms with E-state index in [0.29, 0.717) is 10.9 Å². The van der Waals surface area contributed by atoms with Crippen LogP contribution < -0.4 is 4.74 Å². The van der Waals surface area contributed by atoms with Gasteiger partial charge in [0.05, 0.1) is 19.0 Å². The molecule has 1 N–H and O–H groups in total. The first kappa shape index (κ1) is 9.98. The van der Waals surface area contributed by atoms with Crippen LogP contribution in [-0.4, -0.2) is 22.3 Å².